The lowest BCUT2D eigenvalue weighted by Gasteiger charge is -2.31. The smallest absolute Gasteiger partial charge is 0.292 e. The summed E-state index contributed by atoms with van der Waals surface area (Å²) < 4.78 is 19.0. The first kappa shape index (κ1) is 16.8. The van der Waals surface area contributed by atoms with Crippen LogP contribution in [0.3, 0.4) is 0 Å². The average molecular weight is 357 g/mol. The molecule has 26 heavy (non-hydrogen) atoms. The second kappa shape index (κ2) is 6.90. The summed E-state index contributed by atoms with van der Waals surface area (Å²) in [4.78, 5) is 26.6. The molecule has 1 aromatic heterocycles. The van der Waals surface area contributed by atoms with Gasteiger partial charge in [0.15, 0.2) is 0 Å². The summed E-state index contributed by atoms with van der Waals surface area (Å²) in [5, 5.41) is 6.82. The van der Waals surface area contributed by atoms with Gasteiger partial charge in [0.1, 0.15) is 11.5 Å². The summed E-state index contributed by atoms with van der Waals surface area (Å²) >= 11 is 0. The Morgan fingerprint density at radius 1 is 1.23 bits per heavy atom. The molecule has 2 amide bonds. The number of hydrogen-bond acceptors (Lipinski definition) is 4. The molecule has 0 radical (unpaired) electrons. The quantitative estimate of drug-likeness (QED) is 0.913. The highest BCUT2D eigenvalue weighted by Gasteiger charge is 2.33. The fourth-order valence-corrected chi connectivity index (χ4v) is 3.25. The molecule has 2 aliphatic rings. The summed E-state index contributed by atoms with van der Waals surface area (Å²) in [7, 11) is 0. The minimum Gasteiger partial charge on any atom is -0.353 e. The lowest BCUT2D eigenvalue weighted by atomic mass is 9.97. The van der Waals surface area contributed by atoms with E-state index in [0.29, 0.717) is 19.1 Å². The zero-order valence-corrected chi connectivity index (χ0v) is 14.3. The Morgan fingerprint density at radius 2 is 2.04 bits per heavy atom. The fourth-order valence-electron chi connectivity index (χ4n) is 3.25. The molecule has 2 heterocycles. The normalized spacial score (nSPS) is 20.0. The molecule has 0 spiro atoms. The number of halogens is 1. The first-order chi connectivity index (χ1) is 12.6. The Balaban J connectivity index is 1.45. The van der Waals surface area contributed by atoms with Gasteiger partial charge in [-0.2, -0.15) is 0 Å². The maximum Gasteiger partial charge on any atom is 0.292 e. The molecule has 1 N–H and O–H groups in total. The monoisotopic (exact) mass is 357 g/mol. The third kappa shape index (κ3) is 3.47. The SMILES string of the molecule is O=C(NC1CC1)[C@H]1CCCN(C(=O)c2cc(-c3ccccc3F)no2)C1. The number of hydrogen-bond donors (Lipinski definition) is 1. The molecule has 0 bridgehead atoms. The van der Waals surface area contributed by atoms with Gasteiger partial charge in [-0.05, 0) is 37.8 Å². The minimum atomic E-state index is -0.422. The van der Waals surface area contributed by atoms with Gasteiger partial charge in [0, 0.05) is 30.8 Å². The van der Waals surface area contributed by atoms with E-state index >= 15 is 0 Å². The van der Waals surface area contributed by atoms with Gasteiger partial charge in [0.05, 0.1) is 5.92 Å². The van der Waals surface area contributed by atoms with Crippen molar-refractivity contribution >= 4 is 11.8 Å². The Bertz CT molecular complexity index is 831. The minimum absolute atomic E-state index is 0.0228. The maximum atomic E-state index is 13.9. The number of carbonyl (C=O) groups excluding carboxylic acids is 2. The molecule has 1 atom stereocenters. The van der Waals surface area contributed by atoms with Crippen molar-refractivity contribution in [3.05, 3.63) is 41.9 Å². The van der Waals surface area contributed by atoms with Crippen LogP contribution in [0.5, 0.6) is 0 Å². The molecule has 2 fully saturated rings. The molecular weight excluding hydrogens is 337 g/mol. The zero-order chi connectivity index (χ0) is 18.1. The van der Waals surface area contributed by atoms with Crippen molar-refractivity contribution in [1.29, 1.82) is 0 Å². The van der Waals surface area contributed by atoms with Crippen LogP contribution in [-0.4, -0.2) is 41.0 Å². The Morgan fingerprint density at radius 3 is 2.81 bits per heavy atom. The summed E-state index contributed by atoms with van der Waals surface area (Å²) in [6.45, 7) is 0.939. The van der Waals surface area contributed by atoms with E-state index in [2.05, 4.69) is 10.5 Å². The third-order valence-electron chi connectivity index (χ3n) is 4.87. The molecule has 0 unspecified atom stereocenters. The molecule has 136 valence electrons. The molecule has 1 aliphatic carbocycles. The molecule has 6 nitrogen and oxygen atoms in total. The Labute approximate surface area is 150 Å². The predicted octanol–water partition coefficient (Wildman–Crippen LogP) is 2.61. The highest BCUT2D eigenvalue weighted by molar-refractivity contribution is 5.93. The van der Waals surface area contributed by atoms with Gasteiger partial charge in [-0.1, -0.05) is 17.3 Å². The summed E-state index contributed by atoms with van der Waals surface area (Å²) in [5.74, 6) is -0.845. The second-order valence-corrected chi connectivity index (χ2v) is 6.93. The fraction of sp³-hybridized carbons (Fsp3) is 0.421. The van der Waals surface area contributed by atoms with Crippen LogP contribution in [0, 0.1) is 11.7 Å². The first-order valence-electron chi connectivity index (χ1n) is 8.93. The highest BCUT2D eigenvalue weighted by atomic mass is 19.1. The average Bonchev–Trinajstić information content (AvgIpc) is 3.34. The lowest BCUT2D eigenvalue weighted by molar-refractivity contribution is -0.126. The van der Waals surface area contributed by atoms with Crippen molar-refractivity contribution in [3.8, 4) is 11.3 Å². The van der Waals surface area contributed by atoms with Crippen molar-refractivity contribution in [2.75, 3.05) is 13.1 Å². The van der Waals surface area contributed by atoms with Gasteiger partial charge in [0.25, 0.3) is 5.91 Å². The van der Waals surface area contributed by atoms with E-state index in [-0.39, 0.29) is 34.7 Å². The number of benzene rings is 1. The summed E-state index contributed by atoms with van der Waals surface area (Å²) in [6.07, 6.45) is 3.62. The van der Waals surface area contributed by atoms with Gasteiger partial charge in [-0.25, -0.2) is 4.39 Å². The van der Waals surface area contributed by atoms with E-state index in [4.69, 9.17) is 4.52 Å². The Hall–Kier alpha value is -2.70. The van der Waals surface area contributed by atoms with E-state index in [1.165, 1.54) is 12.1 Å². The van der Waals surface area contributed by atoms with Crippen molar-refractivity contribution in [2.45, 2.75) is 31.7 Å². The predicted molar refractivity (Wildman–Crippen MR) is 91.7 cm³/mol. The second-order valence-electron chi connectivity index (χ2n) is 6.93. The first-order valence-corrected chi connectivity index (χ1v) is 8.93. The van der Waals surface area contributed by atoms with Crippen LogP contribution in [0.2, 0.25) is 0 Å². The van der Waals surface area contributed by atoms with E-state index in [9.17, 15) is 14.0 Å². The zero-order valence-electron chi connectivity index (χ0n) is 14.3. The highest BCUT2D eigenvalue weighted by Crippen LogP contribution is 2.25. The van der Waals surface area contributed by atoms with E-state index in [1.807, 2.05) is 0 Å². The molecule has 4 rings (SSSR count). The van der Waals surface area contributed by atoms with Crippen molar-refractivity contribution in [1.82, 2.24) is 15.4 Å². The van der Waals surface area contributed by atoms with Crippen molar-refractivity contribution in [2.24, 2.45) is 5.92 Å². The largest absolute Gasteiger partial charge is 0.353 e. The van der Waals surface area contributed by atoms with Crippen LogP contribution < -0.4 is 5.32 Å². The van der Waals surface area contributed by atoms with Gasteiger partial charge in [-0.3, -0.25) is 9.59 Å². The molecular formula is C19H20FN3O3. The number of nitrogens with one attached hydrogen (secondary N) is 1. The van der Waals surface area contributed by atoms with Gasteiger partial charge in [0.2, 0.25) is 11.7 Å². The molecule has 7 heteroatoms. The third-order valence-corrected chi connectivity index (χ3v) is 4.87. The number of aromatic nitrogens is 1. The van der Waals surface area contributed by atoms with Crippen LogP contribution in [0.1, 0.15) is 36.2 Å². The van der Waals surface area contributed by atoms with Crippen molar-refractivity contribution in [3.63, 3.8) is 0 Å². The molecule has 2 aromatic rings. The number of amides is 2. The van der Waals surface area contributed by atoms with E-state index in [1.54, 1.807) is 23.1 Å². The van der Waals surface area contributed by atoms with Crippen LogP contribution >= 0.6 is 0 Å². The summed E-state index contributed by atoms with van der Waals surface area (Å²) in [6, 6.07) is 7.97. The number of piperidine rings is 1. The number of rotatable bonds is 4. The number of nitrogens with zero attached hydrogens (tertiary/aromatic N) is 2. The molecule has 1 aromatic carbocycles. The standard InChI is InChI=1S/C19H20FN3O3/c20-15-6-2-1-5-14(15)16-10-17(26-22-16)19(25)23-9-3-4-12(11-23)18(24)21-13-7-8-13/h1-2,5-6,10,12-13H,3-4,7-9,11H2,(H,21,24)/t12-/m0/s1. The lowest BCUT2D eigenvalue weighted by Crippen LogP contribution is -2.45. The topological polar surface area (TPSA) is 75.4 Å². The maximum absolute atomic E-state index is 13.9. The Kier molecular flexibility index (Phi) is 4.44. The number of likely N-dealkylation sites (tertiary alicyclic amines) is 1. The van der Waals surface area contributed by atoms with E-state index in [0.717, 1.165) is 25.7 Å². The molecule has 1 saturated carbocycles. The van der Waals surface area contributed by atoms with Crippen LogP contribution in [-0.2, 0) is 4.79 Å². The van der Waals surface area contributed by atoms with Crippen molar-refractivity contribution < 1.29 is 18.5 Å². The number of carbonyl (C=O) groups is 2. The molecule has 1 saturated heterocycles. The summed E-state index contributed by atoms with van der Waals surface area (Å²) in [5.41, 5.74) is 0.571. The van der Waals surface area contributed by atoms with Gasteiger partial charge in [-0.15, -0.1) is 0 Å². The van der Waals surface area contributed by atoms with Crippen LogP contribution in [0.15, 0.2) is 34.9 Å². The van der Waals surface area contributed by atoms with Crippen LogP contribution in [0.25, 0.3) is 11.3 Å². The van der Waals surface area contributed by atoms with Gasteiger partial charge >= 0.3 is 0 Å². The van der Waals surface area contributed by atoms with Gasteiger partial charge < -0.3 is 14.7 Å². The van der Waals surface area contributed by atoms with Crippen LogP contribution in [0.4, 0.5) is 4.39 Å². The van der Waals surface area contributed by atoms with E-state index < -0.39 is 5.82 Å². The molecule has 1 aliphatic heterocycles.